The molecule has 7 nitrogen and oxygen atoms in total. The molecule has 1 fully saturated rings. The van der Waals surface area contributed by atoms with Crippen molar-refractivity contribution in [3.05, 3.63) is 70.3 Å². The molecule has 1 amide bonds. The third-order valence-corrected chi connectivity index (χ3v) is 11.6. The number of aliphatic hydroxyl groups is 1. The maximum atomic E-state index is 13.2. The Balaban J connectivity index is 1.41. The zero-order valence-corrected chi connectivity index (χ0v) is 24.4. The van der Waals surface area contributed by atoms with Crippen LogP contribution in [0.2, 0.25) is 5.02 Å². The molecule has 0 aromatic heterocycles. The van der Waals surface area contributed by atoms with Crippen molar-refractivity contribution in [1.82, 2.24) is 4.72 Å². The molecule has 2 bridgehead atoms. The number of hydrogen-bond acceptors (Lipinski definition) is 6. The summed E-state index contributed by atoms with van der Waals surface area (Å²) in [6.07, 6.45) is 9.29. The average molecular weight is 585 g/mol. The SMILES string of the molecule is C[C@H]1[C@@H](O)C/C=C/C[C@@H]2CC[C@H]2CN2C[C@@]3(CCCc4cc(Cl)ccc43)COc3ccc(cc32)C(=O)NS1(=O)=O. The van der Waals surface area contributed by atoms with E-state index in [-0.39, 0.29) is 17.4 Å². The number of allylic oxidation sites excluding steroid dienone is 1. The number of carbonyl (C=O) groups is 1. The number of benzene rings is 2. The summed E-state index contributed by atoms with van der Waals surface area (Å²) >= 11 is 6.37. The molecule has 4 aliphatic rings. The van der Waals surface area contributed by atoms with E-state index in [0.717, 1.165) is 62.3 Å². The molecular weight excluding hydrogens is 548 g/mol. The number of amides is 1. The Bertz CT molecular complexity index is 1440. The van der Waals surface area contributed by atoms with Crippen LogP contribution < -0.4 is 14.4 Å². The van der Waals surface area contributed by atoms with E-state index in [1.165, 1.54) is 18.1 Å². The second kappa shape index (κ2) is 10.7. The van der Waals surface area contributed by atoms with Crippen molar-refractivity contribution in [1.29, 1.82) is 0 Å². The summed E-state index contributed by atoms with van der Waals surface area (Å²) in [5, 5.41) is 10.1. The molecule has 2 aromatic carbocycles. The highest BCUT2D eigenvalue weighted by atomic mass is 35.5. The maximum absolute atomic E-state index is 13.2. The molecule has 5 atom stereocenters. The number of sulfonamides is 1. The molecular formula is C31H37ClN2O5S. The Labute approximate surface area is 241 Å². The Morgan fingerprint density at radius 2 is 1.90 bits per heavy atom. The van der Waals surface area contributed by atoms with Crippen LogP contribution in [-0.4, -0.2) is 50.5 Å². The van der Waals surface area contributed by atoms with Crippen molar-refractivity contribution in [2.45, 2.75) is 68.6 Å². The van der Waals surface area contributed by atoms with Gasteiger partial charge in [-0.2, -0.15) is 0 Å². The van der Waals surface area contributed by atoms with E-state index in [9.17, 15) is 18.3 Å². The number of aliphatic hydroxyl groups excluding tert-OH is 1. The number of hydrogen-bond donors (Lipinski definition) is 2. The fourth-order valence-corrected chi connectivity index (χ4v) is 8.19. The predicted molar refractivity (Wildman–Crippen MR) is 157 cm³/mol. The zero-order valence-electron chi connectivity index (χ0n) is 22.8. The molecule has 0 radical (unpaired) electrons. The van der Waals surface area contributed by atoms with Gasteiger partial charge in [0.05, 0.1) is 18.4 Å². The van der Waals surface area contributed by atoms with Crippen LogP contribution in [-0.2, 0) is 21.9 Å². The lowest BCUT2D eigenvalue weighted by Gasteiger charge is -2.44. The highest BCUT2D eigenvalue weighted by molar-refractivity contribution is 7.90. The van der Waals surface area contributed by atoms with Crippen molar-refractivity contribution in [2.24, 2.45) is 11.8 Å². The van der Waals surface area contributed by atoms with E-state index in [4.69, 9.17) is 16.3 Å². The molecule has 2 aromatic rings. The van der Waals surface area contributed by atoms with Crippen LogP contribution in [0.4, 0.5) is 5.69 Å². The first-order valence-corrected chi connectivity index (χ1v) is 16.3. The van der Waals surface area contributed by atoms with Crippen LogP contribution in [0.1, 0.15) is 66.9 Å². The first-order chi connectivity index (χ1) is 19.1. The minimum Gasteiger partial charge on any atom is -0.490 e. The van der Waals surface area contributed by atoms with Gasteiger partial charge in [-0.15, -0.1) is 0 Å². The van der Waals surface area contributed by atoms with Crippen molar-refractivity contribution in [3.8, 4) is 5.75 Å². The maximum Gasteiger partial charge on any atom is 0.264 e. The Morgan fingerprint density at radius 3 is 2.70 bits per heavy atom. The van der Waals surface area contributed by atoms with Crippen molar-refractivity contribution >= 4 is 33.2 Å². The van der Waals surface area contributed by atoms with Gasteiger partial charge in [-0.05, 0) is 105 Å². The lowest BCUT2D eigenvalue weighted by Crippen LogP contribution is -2.48. The number of halogens is 1. The number of fused-ring (bicyclic) bond motifs is 4. The summed E-state index contributed by atoms with van der Waals surface area (Å²) in [5.74, 6) is 1.02. The first kappa shape index (κ1) is 27.6. The Hall–Kier alpha value is -2.55. The fraction of sp³-hybridized carbons (Fsp3) is 0.516. The van der Waals surface area contributed by atoms with Gasteiger partial charge in [-0.25, -0.2) is 13.1 Å². The second-order valence-corrected chi connectivity index (χ2v) is 14.6. The molecule has 2 N–H and O–H groups in total. The largest absolute Gasteiger partial charge is 0.490 e. The minimum atomic E-state index is -4.08. The Kier molecular flexibility index (Phi) is 7.38. The third kappa shape index (κ3) is 5.14. The van der Waals surface area contributed by atoms with E-state index < -0.39 is 27.3 Å². The summed E-state index contributed by atoms with van der Waals surface area (Å²) in [5.41, 5.74) is 3.42. The summed E-state index contributed by atoms with van der Waals surface area (Å²) in [6, 6.07) is 11.4. The van der Waals surface area contributed by atoms with Gasteiger partial charge in [-0.1, -0.05) is 29.8 Å². The van der Waals surface area contributed by atoms with Crippen LogP contribution in [0.5, 0.6) is 5.75 Å². The normalized spacial score (nSPS) is 32.5. The molecule has 1 saturated carbocycles. The van der Waals surface area contributed by atoms with Gasteiger partial charge in [0.15, 0.2) is 0 Å². The van der Waals surface area contributed by atoms with Gasteiger partial charge in [-0.3, -0.25) is 4.79 Å². The van der Waals surface area contributed by atoms with Crippen LogP contribution in [0.25, 0.3) is 0 Å². The number of rotatable bonds is 0. The molecule has 0 saturated heterocycles. The number of carbonyl (C=O) groups excluding carboxylic acids is 1. The van der Waals surface area contributed by atoms with Gasteiger partial charge in [0.2, 0.25) is 10.0 Å². The van der Waals surface area contributed by atoms with Gasteiger partial charge in [0.25, 0.3) is 5.91 Å². The molecule has 2 aliphatic heterocycles. The first-order valence-electron chi connectivity index (χ1n) is 14.3. The lowest BCUT2D eigenvalue weighted by molar-refractivity contribution is 0.0980. The van der Waals surface area contributed by atoms with Crippen molar-refractivity contribution in [3.63, 3.8) is 0 Å². The van der Waals surface area contributed by atoms with E-state index >= 15 is 0 Å². The summed E-state index contributed by atoms with van der Waals surface area (Å²) in [6.45, 7) is 3.54. The highest BCUT2D eigenvalue weighted by Gasteiger charge is 2.43. The molecule has 1 spiro atoms. The quantitative estimate of drug-likeness (QED) is 0.423. The predicted octanol–water partition coefficient (Wildman–Crippen LogP) is 5.00. The van der Waals surface area contributed by atoms with E-state index in [0.29, 0.717) is 24.2 Å². The number of ether oxygens (including phenoxy) is 1. The molecule has 6 rings (SSSR count). The molecule has 214 valence electrons. The van der Waals surface area contributed by atoms with Crippen LogP contribution in [0.15, 0.2) is 48.6 Å². The summed E-state index contributed by atoms with van der Waals surface area (Å²) < 4.78 is 34.6. The summed E-state index contributed by atoms with van der Waals surface area (Å²) in [4.78, 5) is 15.6. The second-order valence-electron chi connectivity index (χ2n) is 12.1. The van der Waals surface area contributed by atoms with Crippen molar-refractivity contribution in [2.75, 3.05) is 24.6 Å². The van der Waals surface area contributed by atoms with Crippen LogP contribution >= 0.6 is 11.6 Å². The smallest absolute Gasteiger partial charge is 0.264 e. The monoisotopic (exact) mass is 584 g/mol. The number of aryl methyl sites for hydroxylation is 1. The fourth-order valence-electron chi connectivity index (χ4n) is 6.91. The van der Waals surface area contributed by atoms with Crippen LogP contribution in [0.3, 0.4) is 0 Å². The van der Waals surface area contributed by atoms with E-state index in [1.54, 1.807) is 18.2 Å². The summed E-state index contributed by atoms with van der Waals surface area (Å²) in [7, 11) is -4.08. The number of nitrogens with one attached hydrogen (secondary N) is 1. The lowest BCUT2D eigenvalue weighted by atomic mass is 9.69. The van der Waals surface area contributed by atoms with Gasteiger partial charge in [0.1, 0.15) is 11.0 Å². The number of anilines is 1. The minimum absolute atomic E-state index is 0.214. The third-order valence-electron chi connectivity index (χ3n) is 9.58. The molecule has 40 heavy (non-hydrogen) atoms. The molecule has 2 aliphatic carbocycles. The van der Waals surface area contributed by atoms with Gasteiger partial charge in [0, 0.05) is 29.1 Å². The Morgan fingerprint density at radius 1 is 1.10 bits per heavy atom. The van der Waals surface area contributed by atoms with Crippen LogP contribution in [0, 0.1) is 11.8 Å². The average Bonchev–Trinajstić information content (AvgIpc) is 3.06. The van der Waals surface area contributed by atoms with Gasteiger partial charge >= 0.3 is 0 Å². The molecule has 9 heteroatoms. The number of nitrogens with zero attached hydrogens (tertiary/aromatic N) is 1. The highest BCUT2D eigenvalue weighted by Crippen LogP contribution is 2.46. The van der Waals surface area contributed by atoms with E-state index in [2.05, 4.69) is 27.8 Å². The standard InChI is InChI=1S/C31H37ClN2O5S/c1-20-28(35)7-3-2-5-21-8-9-24(21)17-34-18-31(14-4-6-22-15-25(32)11-12-26(22)31)19-39-29-13-10-23(16-27(29)34)30(36)33-40(20,37)38/h2-3,10-13,15-16,20-21,24,28,35H,4-9,14,17-19H2,1H3,(H,33,36)/b3-2+/t20-,21+,24-,28-,31-/m0/s1. The zero-order chi connectivity index (χ0) is 28.1. The molecule has 0 unspecified atom stereocenters. The molecule has 2 heterocycles. The van der Waals surface area contributed by atoms with Gasteiger partial charge < -0.3 is 14.7 Å². The topological polar surface area (TPSA) is 95.9 Å². The van der Waals surface area contributed by atoms with Crippen molar-refractivity contribution < 1.29 is 23.1 Å². The van der Waals surface area contributed by atoms with E-state index in [1.807, 2.05) is 12.1 Å².